The summed E-state index contributed by atoms with van der Waals surface area (Å²) in [5, 5.41) is 2.75. The van der Waals surface area contributed by atoms with Crippen LogP contribution in [0.25, 0.3) is 0 Å². The van der Waals surface area contributed by atoms with E-state index >= 15 is 0 Å². The number of nitrogens with one attached hydrogen (secondary N) is 1. The van der Waals surface area contributed by atoms with Crippen LogP contribution in [0.15, 0.2) is 0 Å². The van der Waals surface area contributed by atoms with Crippen LogP contribution in [0.4, 0.5) is 0 Å². The Morgan fingerprint density at radius 3 is 2.65 bits per heavy atom. The van der Waals surface area contributed by atoms with E-state index in [-0.39, 0.29) is 11.9 Å². The third kappa shape index (κ3) is 9.77. The van der Waals surface area contributed by atoms with E-state index in [2.05, 4.69) is 10.1 Å². The number of hydrogen-bond donors (Lipinski definition) is 2. The summed E-state index contributed by atoms with van der Waals surface area (Å²) in [6.07, 6.45) is 1.82. The fraction of sp³-hybridized carbons (Fsp3) is 0.818. The predicted molar refractivity (Wildman–Crippen MR) is 65.4 cm³/mol. The maximum atomic E-state index is 11.4. The maximum Gasteiger partial charge on any atom is 0.305 e. The Hall–Kier alpha value is -1.14. The van der Waals surface area contributed by atoms with Crippen molar-refractivity contribution in [3.05, 3.63) is 0 Å². The molecule has 0 aromatic rings. The zero-order valence-electron chi connectivity index (χ0n) is 10.7. The number of nitrogens with zero attached hydrogens (tertiary/aromatic N) is 1. The SMILES string of the molecule is COC(=O)CCCNC(=O)CN(C)CCCN. The molecule has 0 spiro atoms. The van der Waals surface area contributed by atoms with E-state index in [0.717, 1.165) is 13.0 Å². The first kappa shape index (κ1) is 15.9. The van der Waals surface area contributed by atoms with Gasteiger partial charge in [0, 0.05) is 13.0 Å². The third-order valence-corrected chi connectivity index (χ3v) is 2.26. The second kappa shape index (κ2) is 10.0. The Morgan fingerprint density at radius 1 is 1.35 bits per heavy atom. The summed E-state index contributed by atoms with van der Waals surface area (Å²) in [6.45, 7) is 2.30. The molecular weight excluding hydrogens is 222 g/mol. The van der Waals surface area contributed by atoms with Crippen molar-refractivity contribution >= 4 is 11.9 Å². The largest absolute Gasteiger partial charge is 0.469 e. The van der Waals surface area contributed by atoms with Gasteiger partial charge < -0.3 is 15.8 Å². The van der Waals surface area contributed by atoms with Crippen LogP contribution in [0, 0.1) is 0 Å². The highest BCUT2D eigenvalue weighted by atomic mass is 16.5. The molecule has 0 aliphatic rings. The lowest BCUT2D eigenvalue weighted by atomic mass is 10.3. The van der Waals surface area contributed by atoms with Crippen molar-refractivity contribution in [2.45, 2.75) is 19.3 Å². The molecule has 0 radical (unpaired) electrons. The first-order valence-electron chi connectivity index (χ1n) is 5.82. The maximum absolute atomic E-state index is 11.4. The molecule has 0 saturated carbocycles. The normalized spacial score (nSPS) is 10.4. The van der Waals surface area contributed by atoms with Gasteiger partial charge in [-0.1, -0.05) is 0 Å². The highest BCUT2D eigenvalue weighted by molar-refractivity contribution is 5.78. The molecule has 0 aliphatic heterocycles. The van der Waals surface area contributed by atoms with Gasteiger partial charge in [-0.05, 0) is 33.0 Å². The first-order chi connectivity index (χ1) is 8.10. The molecule has 0 aliphatic carbocycles. The second-order valence-electron chi connectivity index (χ2n) is 3.91. The quantitative estimate of drug-likeness (QED) is 0.416. The van der Waals surface area contributed by atoms with Gasteiger partial charge in [-0.15, -0.1) is 0 Å². The Kier molecular flexibility index (Phi) is 9.37. The van der Waals surface area contributed by atoms with Crippen LogP contribution >= 0.6 is 0 Å². The van der Waals surface area contributed by atoms with Crippen LogP contribution in [0.3, 0.4) is 0 Å². The Bertz CT molecular complexity index is 234. The van der Waals surface area contributed by atoms with Gasteiger partial charge in [-0.3, -0.25) is 14.5 Å². The zero-order chi connectivity index (χ0) is 13.1. The van der Waals surface area contributed by atoms with Crippen LogP contribution in [0.1, 0.15) is 19.3 Å². The van der Waals surface area contributed by atoms with E-state index in [9.17, 15) is 9.59 Å². The molecule has 0 bridgehead atoms. The lowest BCUT2D eigenvalue weighted by Crippen LogP contribution is -2.36. The molecule has 0 aromatic heterocycles. The van der Waals surface area contributed by atoms with Gasteiger partial charge in [0.1, 0.15) is 0 Å². The number of rotatable bonds is 9. The molecule has 1 amide bonds. The minimum atomic E-state index is -0.251. The lowest BCUT2D eigenvalue weighted by Gasteiger charge is -2.15. The monoisotopic (exact) mass is 245 g/mol. The first-order valence-corrected chi connectivity index (χ1v) is 5.82. The highest BCUT2D eigenvalue weighted by Crippen LogP contribution is 1.90. The summed E-state index contributed by atoms with van der Waals surface area (Å²) < 4.78 is 4.49. The van der Waals surface area contributed by atoms with Crippen LogP contribution < -0.4 is 11.1 Å². The number of esters is 1. The minimum Gasteiger partial charge on any atom is -0.469 e. The van der Waals surface area contributed by atoms with Gasteiger partial charge in [0.2, 0.25) is 5.91 Å². The summed E-state index contributed by atoms with van der Waals surface area (Å²) in [6, 6.07) is 0. The molecule has 0 fully saturated rings. The number of ether oxygens (including phenoxy) is 1. The standard InChI is InChI=1S/C11H23N3O3/c1-14(8-4-6-12)9-10(15)13-7-3-5-11(16)17-2/h3-9,12H2,1-2H3,(H,13,15). The minimum absolute atomic E-state index is 0.0330. The van der Waals surface area contributed by atoms with E-state index in [1.54, 1.807) is 0 Å². The van der Waals surface area contributed by atoms with Crippen LogP contribution in [0.5, 0.6) is 0 Å². The molecule has 17 heavy (non-hydrogen) atoms. The molecule has 100 valence electrons. The van der Waals surface area contributed by atoms with E-state index in [4.69, 9.17) is 5.73 Å². The number of carbonyl (C=O) groups excluding carboxylic acids is 2. The molecule has 0 aromatic carbocycles. The Morgan fingerprint density at radius 2 is 2.06 bits per heavy atom. The molecule has 0 rings (SSSR count). The summed E-state index contributed by atoms with van der Waals surface area (Å²) >= 11 is 0. The molecule has 6 heteroatoms. The fourth-order valence-corrected chi connectivity index (χ4v) is 1.30. The number of amides is 1. The Balaban J connectivity index is 3.49. The van der Waals surface area contributed by atoms with Gasteiger partial charge in [-0.25, -0.2) is 0 Å². The summed E-state index contributed by atoms with van der Waals surface area (Å²) in [5.74, 6) is -0.284. The third-order valence-electron chi connectivity index (χ3n) is 2.26. The van der Waals surface area contributed by atoms with Crippen LogP contribution in [-0.2, 0) is 14.3 Å². The summed E-state index contributed by atoms with van der Waals surface area (Å²) in [7, 11) is 3.23. The van der Waals surface area contributed by atoms with Gasteiger partial charge >= 0.3 is 5.97 Å². The molecule has 3 N–H and O–H groups in total. The van der Waals surface area contributed by atoms with Crippen LogP contribution in [-0.4, -0.2) is 57.1 Å². The summed E-state index contributed by atoms with van der Waals surface area (Å²) in [4.78, 5) is 24.1. The van der Waals surface area contributed by atoms with E-state index in [1.807, 2.05) is 11.9 Å². The molecule has 0 atom stereocenters. The number of likely N-dealkylation sites (N-methyl/N-ethyl adjacent to an activating group) is 1. The van der Waals surface area contributed by atoms with Gasteiger partial charge in [0.25, 0.3) is 0 Å². The van der Waals surface area contributed by atoms with Crippen molar-refractivity contribution in [3.8, 4) is 0 Å². The van der Waals surface area contributed by atoms with Gasteiger partial charge in [0.05, 0.1) is 13.7 Å². The topological polar surface area (TPSA) is 84.7 Å². The highest BCUT2D eigenvalue weighted by Gasteiger charge is 2.06. The number of hydrogen-bond acceptors (Lipinski definition) is 5. The average molecular weight is 245 g/mol. The van der Waals surface area contributed by atoms with Crippen molar-refractivity contribution in [1.29, 1.82) is 0 Å². The molecule has 0 saturated heterocycles. The van der Waals surface area contributed by atoms with Crippen molar-refractivity contribution in [2.24, 2.45) is 5.73 Å². The lowest BCUT2D eigenvalue weighted by molar-refractivity contribution is -0.140. The smallest absolute Gasteiger partial charge is 0.305 e. The van der Waals surface area contributed by atoms with E-state index < -0.39 is 0 Å². The van der Waals surface area contributed by atoms with Crippen molar-refractivity contribution < 1.29 is 14.3 Å². The number of carbonyl (C=O) groups is 2. The zero-order valence-corrected chi connectivity index (χ0v) is 10.7. The van der Waals surface area contributed by atoms with Gasteiger partial charge in [0.15, 0.2) is 0 Å². The Labute approximate surface area is 102 Å². The predicted octanol–water partition coefficient (Wildman–Crippen LogP) is -0.664. The second-order valence-corrected chi connectivity index (χ2v) is 3.91. The van der Waals surface area contributed by atoms with Crippen molar-refractivity contribution in [2.75, 3.05) is 40.3 Å². The molecule has 0 unspecified atom stereocenters. The van der Waals surface area contributed by atoms with Crippen molar-refractivity contribution in [1.82, 2.24) is 10.2 Å². The molecule has 6 nitrogen and oxygen atoms in total. The number of nitrogens with two attached hydrogens (primary N) is 1. The fourth-order valence-electron chi connectivity index (χ4n) is 1.30. The van der Waals surface area contributed by atoms with Crippen molar-refractivity contribution in [3.63, 3.8) is 0 Å². The average Bonchev–Trinajstić information content (AvgIpc) is 2.31. The summed E-state index contributed by atoms with van der Waals surface area (Å²) in [5.41, 5.74) is 5.38. The van der Waals surface area contributed by atoms with Crippen LogP contribution in [0.2, 0.25) is 0 Å². The number of methoxy groups -OCH3 is 1. The van der Waals surface area contributed by atoms with E-state index in [1.165, 1.54) is 7.11 Å². The van der Waals surface area contributed by atoms with Gasteiger partial charge in [-0.2, -0.15) is 0 Å². The molecule has 0 heterocycles. The molecular formula is C11H23N3O3. The van der Waals surface area contributed by atoms with E-state index in [0.29, 0.717) is 32.5 Å².